The largest absolute Gasteiger partial charge is 0.390 e. The molecule has 2 aromatic heterocycles. The lowest BCUT2D eigenvalue weighted by molar-refractivity contribution is -0.131. The average molecular weight is 362 g/mol. The maximum atomic E-state index is 12.4. The Balaban J connectivity index is 1.97. The quantitative estimate of drug-likeness (QED) is 0.726. The summed E-state index contributed by atoms with van der Waals surface area (Å²) in [6.07, 6.45) is -0.0293. The minimum absolute atomic E-state index is 0.241. The van der Waals surface area contributed by atoms with Gasteiger partial charge in [0.15, 0.2) is 5.65 Å². The first-order chi connectivity index (χ1) is 12.2. The highest BCUT2D eigenvalue weighted by molar-refractivity contribution is 5.95. The standard InChI is InChI=1S/C18H17F3N4O/c1-11-8-12(2-3-14(11)16(22)26)13-9-15(23-5-4-18(19,20)21)17-24-6-7-25(17)10-13/h2-3,6-10,23H,4-5H2,1H3,(H2,22,26). The lowest BCUT2D eigenvalue weighted by Crippen LogP contribution is -2.15. The van der Waals surface area contributed by atoms with Gasteiger partial charge in [-0.05, 0) is 30.2 Å². The number of aryl methyl sites for hydroxylation is 1. The average Bonchev–Trinajstić information content (AvgIpc) is 3.01. The molecule has 0 radical (unpaired) electrons. The van der Waals surface area contributed by atoms with E-state index in [0.29, 0.717) is 16.9 Å². The van der Waals surface area contributed by atoms with Crippen molar-refractivity contribution in [2.75, 3.05) is 11.9 Å². The number of nitrogens with two attached hydrogens (primary N) is 1. The molecule has 0 bridgehead atoms. The van der Waals surface area contributed by atoms with E-state index in [9.17, 15) is 18.0 Å². The van der Waals surface area contributed by atoms with Crippen LogP contribution in [0.3, 0.4) is 0 Å². The fraction of sp³-hybridized carbons (Fsp3) is 0.222. The Morgan fingerprint density at radius 2 is 2.04 bits per heavy atom. The first-order valence-electron chi connectivity index (χ1n) is 7.93. The van der Waals surface area contributed by atoms with E-state index >= 15 is 0 Å². The number of fused-ring (bicyclic) bond motifs is 1. The minimum Gasteiger partial charge on any atom is -0.382 e. The molecule has 5 nitrogen and oxygen atoms in total. The number of rotatable bonds is 5. The van der Waals surface area contributed by atoms with Crippen LogP contribution in [0.2, 0.25) is 0 Å². The van der Waals surface area contributed by atoms with Gasteiger partial charge >= 0.3 is 6.18 Å². The number of carbonyl (C=O) groups is 1. The summed E-state index contributed by atoms with van der Waals surface area (Å²) in [6.45, 7) is 1.54. The molecule has 0 spiro atoms. The maximum Gasteiger partial charge on any atom is 0.390 e. The van der Waals surface area contributed by atoms with Crippen LogP contribution in [0.25, 0.3) is 16.8 Å². The van der Waals surface area contributed by atoms with Crippen LogP contribution >= 0.6 is 0 Å². The van der Waals surface area contributed by atoms with E-state index in [1.54, 1.807) is 41.9 Å². The van der Waals surface area contributed by atoms with Crippen molar-refractivity contribution in [2.24, 2.45) is 5.73 Å². The molecule has 136 valence electrons. The van der Waals surface area contributed by atoms with E-state index in [0.717, 1.165) is 16.7 Å². The zero-order chi connectivity index (χ0) is 18.9. The van der Waals surface area contributed by atoms with Crippen molar-refractivity contribution < 1.29 is 18.0 Å². The number of nitrogens with zero attached hydrogens (tertiary/aromatic N) is 2. The molecule has 26 heavy (non-hydrogen) atoms. The van der Waals surface area contributed by atoms with Gasteiger partial charge in [0, 0.05) is 36.3 Å². The molecule has 0 unspecified atom stereocenters. The van der Waals surface area contributed by atoms with E-state index < -0.39 is 18.5 Å². The van der Waals surface area contributed by atoms with Crippen molar-refractivity contribution in [1.29, 1.82) is 0 Å². The third kappa shape index (κ3) is 3.79. The summed E-state index contributed by atoms with van der Waals surface area (Å²) >= 11 is 0. The van der Waals surface area contributed by atoms with Crippen LogP contribution in [0, 0.1) is 6.92 Å². The van der Waals surface area contributed by atoms with E-state index in [4.69, 9.17) is 5.73 Å². The molecule has 0 aliphatic heterocycles. The predicted molar refractivity (Wildman–Crippen MR) is 93.0 cm³/mol. The van der Waals surface area contributed by atoms with Crippen LogP contribution in [0.5, 0.6) is 0 Å². The lowest BCUT2D eigenvalue weighted by Gasteiger charge is -2.13. The number of benzene rings is 1. The molecule has 0 saturated heterocycles. The Hall–Kier alpha value is -3.03. The van der Waals surface area contributed by atoms with E-state index in [-0.39, 0.29) is 6.54 Å². The van der Waals surface area contributed by atoms with Crippen molar-refractivity contribution in [2.45, 2.75) is 19.5 Å². The Bertz CT molecular complexity index is 963. The number of anilines is 1. The molecule has 0 saturated carbocycles. The van der Waals surface area contributed by atoms with Crippen molar-refractivity contribution in [3.8, 4) is 11.1 Å². The number of alkyl halides is 3. The second kappa shape index (κ2) is 6.70. The number of amides is 1. The Kier molecular flexibility index (Phi) is 4.58. The Labute approximate surface area is 147 Å². The summed E-state index contributed by atoms with van der Waals surface area (Å²) in [5.41, 5.74) is 9.14. The van der Waals surface area contributed by atoms with Crippen LogP contribution in [-0.2, 0) is 0 Å². The lowest BCUT2D eigenvalue weighted by atomic mass is 10.0. The number of primary amides is 1. The van der Waals surface area contributed by atoms with E-state index in [2.05, 4.69) is 10.3 Å². The molecule has 0 fully saturated rings. The topological polar surface area (TPSA) is 72.4 Å². The fourth-order valence-corrected chi connectivity index (χ4v) is 2.78. The van der Waals surface area contributed by atoms with Crippen molar-refractivity contribution >= 4 is 17.2 Å². The second-order valence-electron chi connectivity index (χ2n) is 5.99. The first kappa shape index (κ1) is 17.8. The number of aromatic nitrogens is 2. The molecule has 0 aliphatic rings. The van der Waals surface area contributed by atoms with Crippen molar-refractivity contribution in [3.05, 3.63) is 54.0 Å². The molecular weight excluding hydrogens is 345 g/mol. The summed E-state index contributed by atoms with van der Waals surface area (Å²) in [6, 6.07) is 6.96. The van der Waals surface area contributed by atoms with Crippen molar-refractivity contribution in [3.63, 3.8) is 0 Å². The number of hydrogen-bond acceptors (Lipinski definition) is 3. The molecule has 2 heterocycles. The summed E-state index contributed by atoms with van der Waals surface area (Å²) in [4.78, 5) is 15.6. The van der Waals surface area contributed by atoms with Gasteiger partial charge in [-0.1, -0.05) is 12.1 Å². The van der Waals surface area contributed by atoms with Crippen LogP contribution in [0.4, 0.5) is 18.9 Å². The van der Waals surface area contributed by atoms with Gasteiger partial charge in [0.05, 0.1) is 12.1 Å². The third-order valence-electron chi connectivity index (χ3n) is 4.04. The maximum absolute atomic E-state index is 12.4. The first-order valence-corrected chi connectivity index (χ1v) is 7.93. The normalized spacial score (nSPS) is 11.7. The Morgan fingerprint density at radius 1 is 1.27 bits per heavy atom. The molecule has 1 aromatic carbocycles. The van der Waals surface area contributed by atoms with E-state index in [1.807, 2.05) is 12.3 Å². The van der Waals surface area contributed by atoms with E-state index in [1.165, 1.54) is 0 Å². The third-order valence-corrected chi connectivity index (χ3v) is 4.04. The molecule has 8 heteroatoms. The number of nitrogens with one attached hydrogen (secondary N) is 1. The van der Waals surface area contributed by atoms with Gasteiger partial charge in [0.1, 0.15) is 0 Å². The van der Waals surface area contributed by atoms with Gasteiger partial charge in [0.2, 0.25) is 5.91 Å². The van der Waals surface area contributed by atoms with Crippen LogP contribution in [0.15, 0.2) is 42.9 Å². The van der Waals surface area contributed by atoms with Crippen LogP contribution < -0.4 is 11.1 Å². The van der Waals surface area contributed by atoms with Crippen molar-refractivity contribution in [1.82, 2.24) is 9.38 Å². The second-order valence-corrected chi connectivity index (χ2v) is 5.99. The molecule has 0 aliphatic carbocycles. The van der Waals surface area contributed by atoms with Crippen LogP contribution in [0.1, 0.15) is 22.3 Å². The SMILES string of the molecule is Cc1cc(-c2cc(NCCC(F)(F)F)c3nccn3c2)ccc1C(N)=O. The van der Waals surface area contributed by atoms with Crippen LogP contribution in [-0.4, -0.2) is 28.0 Å². The number of pyridine rings is 1. The molecule has 1 amide bonds. The number of imidazole rings is 1. The molecule has 3 rings (SSSR count). The predicted octanol–water partition coefficient (Wildman–Crippen LogP) is 3.77. The minimum atomic E-state index is -4.22. The fourth-order valence-electron chi connectivity index (χ4n) is 2.78. The smallest absolute Gasteiger partial charge is 0.382 e. The summed E-state index contributed by atoms with van der Waals surface area (Å²) < 4.78 is 39.0. The van der Waals surface area contributed by atoms with Gasteiger partial charge in [-0.2, -0.15) is 13.2 Å². The highest BCUT2D eigenvalue weighted by atomic mass is 19.4. The van der Waals surface area contributed by atoms with Gasteiger partial charge in [-0.25, -0.2) is 4.98 Å². The van der Waals surface area contributed by atoms with Gasteiger partial charge in [-0.3, -0.25) is 4.79 Å². The van der Waals surface area contributed by atoms with Gasteiger partial charge in [0.25, 0.3) is 0 Å². The number of halogens is 3. The van der Waals surface area contributed by atoms with Gasteiger partial charge in [-0.15, -0.1) is 0 Å². The monoisotopic (exact) mass is 362 g/mol. The van der Waals surface area contributed by atoms with Gasteiger partial charge < -0.3 is 15.5 Å². The molecule has 3 N–H and O–H groups in total. The Morgan fingerprint density at radius 3 is 2.69 bits per heavy atom. The highest BCUT2D eigenvalue weighted by Crippen LogP contribution is 2.28. The number of hydrogen-bond donors (Lipinski definition) is 2. The summed E-state index contributed by atoms with van der Waals surface area (Å²) in [7, 11) is 0. The highest BCUT2D eigenvalue weighted by Gasteiger charge is 2.26. The molecule has 3 aromatic rings. The summed E-state index contributed by atoms with van der Waals surface area (Å²) in [5.74, 6) is -0.506. The number of carbonyl (C=O) groups excluding carboxylic acids is 1. The molecule has 0 atom stereocenters. The zero-order valence-electron chi connectivity index (χ0n) is 14.0. The molecular formula is C18H17F3N4O. The summed E-state index contributed by atoms with van der Waals surface area (Å²) in [5, 5.41) is 2.81. The zero-order valence-corrected chi connectivity index (χ0v) is 14.0.